The average molecular weight is 238 g/mol. The number of rotatable bonds is 2. The Kier molecular flexibility index (Phi) is 2.52. The Morgan fingerprint density at radius 1 is 1.06 bits per heavy atom. The highest BCUT2D eigenvalue weighted by Crippen LogP contribution is 2.11. The van der Waals surface area contributed by atoms with Gasteiger partial charge in [-0.15, -0.1) is 0 Å². The molecule has 2 aromatic carbocycles. The van der Waals surface area contributed by atoms with Crippen molar-refractivity contribution in [2.75, 3.05) is 0 Å². The highest BCUT2D eigenvalue weighted by atomic mass is 16.1. The molecular weight excluding hydrogens is 224 g/mol. The van der Waals surface area contributed by atoms with E-state index in [0.717, 1.165) is 10.9 Å². The highest BCUT2D eigenvalue weighted by molar-refractivity contribution is 5.78. The normalized spacial score (nSPS) is 10.9. The van der Waals surface area contributed by atoms with Crippen LogP contribution in [0.1, 0.15) is 11.1 Å². The van der Waals surface area contributed by atoms with E-state index in [4.69, 9.17) is 0 Å². The molecule has 18 heavy (non-hydrogen) atoms. The van der Waals surface area contributed by atoms with Crippen LogP contribution in [0, 0.1) is 6.92 Å². The monoisotopic (exact) mass is 238 g/mol. The SMILES string of the molecule is Cc1ccc(Cn2[nH]c(=O)c3ccccc32)cc1. The van der Waals surface area contributed by atoms with Gasteiger partial charge >= 0.3 is 0 Å². The van der Waals surface area contributed by atoms with Crippen LogP contribution in [0.25, 0.3) is 10.9 Å². The van der Waals surface area contributed by atoms with Crippen molar-refractivity contribution in [3.63, 3.8) is 0 Å². The molecule has 0 aliphatic heterocycles. The Morgan fingerprint density at radius 3 is 2.56 bits per heavy atom. The summed E-state index contributed by atoms with van der Waals surface area (Å²) in [7, 11) is 0. The summed E-state index contributed by atoms with van der Waals surface area (Å²) in [6.45, 7) is 2.75. The van der Waals surface area contributed by atoms with E-state index in [0.29, 0.717) is 6.54 Å². The molecule has 90 valence electrons. The number of aromatic nitrogens is 2. The van der Waals surface area contributed by atoms with Crippen molar-refractivity contribution in [3.8, 4) is 0 Å². The van der Waals surface area contributed by atoms with Crippen LogP contribution < -0.4 is 5.56 Å². The summed E-state index contributed by atoms with van der Waals surface area (Å²) in [6, 6.07) is 16.0. The Hall–Kier alpha value is -2.29. The molecule has 0 bridgehead atoms. The van der Waals surface area contributed by atoms with Crippen molar-refractivity contribution in [2.24, 2.45) is 0 Å². The van der Waals surface area contributed by atoms with Crippen molar-refractivity contribution >= 4 is 10.9 Å². The van der Waals surface area contributed by atoms with E-state index in [2.05, 4.69) is 36.3 Å². The van der Waals surface area contributed by atoms with Crippen molar-refractivity contribution in [1.29, 1.82) is 0 Å². The quantitative estimate of drug-likeness (QED) is 0.732. The Bertz CT molecular complexity index is 735. The second-order valence-corrected chi connectivity index (χ2v) is 4.53. The fourth-order valence-corrected chi connectivity index (χ4v) is 2.14. The van der Waals surface area contributed by atoms with Gasteiger partial charge in [-0.2, -0.15) is 0 Å². The number of aromatic amines is 1. The van der Waals surface area contributed by atoms with Gasteiger partial charge in [-0.25, -0.2) is 0 Å². The molecule has 3 heteroatoms. The fraction of sp³-hybridized carbons (Fsp3) is 0.133. The van der Waals surface area contributed by atoms with E-state index >= 15 is 0 Å². The van der Waals surface area contributed by atoms with Crippen LogP contribution in [0.5, 0.6) is 0 Å². The molecule has 0 spiro atoms. The minimum absolute atomic E-state index is 0.0299. The van der Waals surface area contributed by atoms with Gasteiger partial charge in [-0.05, 0) is 24.6 Å². The van der Waals surface area contributed by atoms with Crippen molar-refractivity contribution in [2.45, 2.75) is 13.5 Å². The van der Waals surface area contributed by atoms with Gasteiger partial charge in [0, 0.05) is 0 Å². The molecule has 0 unspecified atom stereocenters. The first-order chi connectivity index (χ1) is 8.74. The van der Waals surface area contributed by atoms with E-state index in [1.165, 1.54) is 11.1 Å². The maximum absolute atomic E-state index is 11.8. The summed E-state index contributed by atoms with van der Waals surface area (Å²) in [4.78, 5) is 11.8. The second-order valence-electron chi connectivity index (χ2n) is 4.53. The predicted octanol–water partition coefficient (Wildman–Crippen LogP) is 2.69. The average Bonchev–Trinajstić information content (AvgIpc) is 2.70. The van der Waals surface area contributed by atoms with Gasteiger partial charge in [-0.3, -0.25) is 14.6 Å². The molecule has 3 aromatic rings. The third-order valence-electron chi connectivity index (χ3n) is 3.14. The van der Waals surface area contributed by atoms with Crippen molar-refractivity contribution in [3.05, 3.63) is 70.0 Å². The standard InChI is InChI=1S/C15H14N2O/c1-11-6-8-12(9-7-11)10-17-14-5-3-2-4-13(14)15(18)16-17/h2-9H,10H2,1H3,(H,16,18). The van der Waals surface area contributed by atoms with Crippen LogP contribution in [0.2, 0.25) is 0 Å². The lowest BCUT2D eigenvalue weighted by atomic mass is 10.1. The van der Waals surface area contributed by atoms with E-state index in [1.54, 1.807) is 0 Å². The Labute approximate surface area is 105 Å². The summed E-state index contributed by atoms with van der Waals surface area (Å²) >= 11 is 0. The Balaban J connectivity index is 2.05. The maximum Gasteiger partial charge on any atom is 0.271 e. The first kappa shape index (κ1) is 10.8. The molecule has 0 aliphatic carbocycles. The zero-order valence-corrected chi connectivity index (χ0v) is 10.2. The third kappa shape index (κ3) is 1.84. The van der Waals surface area contributed by atoms with Gasteiger partial charge in [-0.1, -0.05) is 42.0 Å². The first-order valence-corrected chi connectivity index (χ1v) is 5.97. The lowest BCUT2D eigenvalue weighted by Crippen LogP contribution is -2.06. The number of benzene rings is 2. The number of H-pyrrole nitrogens is 1. The fourth-order valence-electron chi connectivity index (χ4n) is 2.14. The topological polar surface area (TPSA) is 37.8 Å². The zero-order valence-electron chi connectivity index (χ0n) is 10.2. The highest BCUT2D eigenvalue weighted by Gasteiger charge is 2.05. The van der Waals surface area contributed by atoms with Crippen LogP contribution in [0.4, 0.5) is 0 Å². The summed E-state index contributed by atoms with van der Waals surface area (Å²) in [5, 5.41) is 3.62. The summed E-state index contributed by atoms with van der Waals surface area (Å²) < 4.78 is 1.89. The minimum atomic E-state index is -0.0299. The molecule has 0 radical (unpaired) electrons. The number of nitrogens with one attached hydrogen (secondary N) is 1. The number of hydrogen-bond acceptors (Lipinski definition) is 1. The van der Waals surface area contributed by atoms with Crippen LogP contribution >= 0.6 is 0 Å². The van der Waals surface area contributed by atoms with Crippen LogP contribution in [-0.2, 0) is 6.54 Å². The van der Waals surface area contributed by atoms with Crippen LogP contribution in [0.15, 0.2) is 53.3 Å². The van der Waals surface area contributed by atoms with Crippen LogP contribution in [0.3, 0.4) is 0 Å². The van der Waals surface area contributed by atoms with Gasteiger partial charge in [0.15, 0.2) is 0 Å². The molecular formula is C15H14N2O. The van der Waals surface area contributed by atoms with Gasteiger partial charge in [0.25, 0.3) is 5.56 Å². The van der Waals surface area contributed by atoms with Gasteiger partial charge in [0.05, 0.1) is 17.4 Å². The second kappa shape index (κ2) is 4.18. The molecule has 0 saturated heterocycles. The summed E-state index contributed by atoms with van der Waals surface area (Å²) in [5.41, 5.74) is 3.34. The molecule has 1 N–H and O–H groups in total. The first-order valence-electron chi connectivity index (χ1n) is 5.97. The molecule has 0 amide bonds. The number of aryl methyl sites for hydroxylation is 1. The smallest absolute Gasteiger partial charge is 0.271 e. The number of hydrogen-bond donors (Lipinski definition) is 1. The Morgan fingerprint density at radius 2 is 1.78 bits per heavy atom. The number of para-hydroxylation sites is 1. The molecule has 1 aromatic heterocycles. The third-order valence-corrected chi connectivity index (χ3v) is 3.14. The van der Waals surface area contributed by atoms with Gasteiger partial charge in [0.2, 0.25) is 0 Å². The van der Waals surface area contributed by atoms with E-state index in [9.17, 15) is 4.79 Å². The maximum atomic E-state index is 11.8. The summed E-state index contributed by atoms with van der Waals surface area (Å²) in [6.07, 6.45) is 0. The largest absolute Gasteiger partial charge is 0.280 e. The van der Waals surface area contributed by atoms with Gasteiger partial charge < -0.3 is 0 Å². The summed E-state index contributed by atoms with van der Waals surface area (Å²) in [5.74, 6) is 0. The minimum Gasteiger partial charge on any atom is -0.280 e. The molecule has 0 saturated carbocycles. The number of fused-ring (bicyclic) bond motifs is 1. The molecule has 3 nitrogen and oxygen atoms in total. The van der Waals surface area contributed by atoms with Gasteiger partial charge in [0.1, 0.15) is 0 Å². The van der Waals surface area contributed by atoms with Crippen LogP contribution in [-0.4, -0.2) is 9.78 Å². The molecule has 1 heterocycles. The molecule has 0 atom stereocenters. The van der Waals surface area contributed by atoms with E-state index in [1.807, 2.05) is 28.9 Å². The van der Waals surface area contributed by atoms with E-state index in [-0.39, 0.29) is 5.56 Å². The molecule has 3 rings (SSSR count). The molecule has 0 aliphatic rings. The van der Waals surface area contributed by atoms with E-state index < -0.39 is 0 Å². The molecule has 0 fully saturated rings. The van der Waals surface area contributed by atoms with Crippen molar-refractivity contribution < 1.29 is 0 Å². The predicted molar refractivity (Wildman–Crippen MR) is 72.8 cm³/mol. The van der Waals surface area contributed by atoms with Crippen molar-refractivity contribution in [1.82, 2.24) is 9.78 Å². The number of nitrogens with zero attached hydrogens (tertiary/aromatic N) is 1. The lowest BCUT2D eigenvalue weighted by Gasteiger charge is -2.05. The lowest BCUT2D eigenvalue weighted by molar-refractivity contribution is 0.703. The zero-order chi connectivity index (χ0) is 12.5.